The van der Waals surface area contributed by atoms with E-state index < -0.39 is 50.0 Å². The van der Waals surface area contributed by atoms with Crippen molar-refractivity contribution in [3.05, 3.63) is 47.3 Å². The van der Waals surface area contributed by atoms with E-state index in [1.807, 2.05) is 0 Å². The minimum absolute atomic E-state index is 0.201. The summed E-state index contributed by atoms with van der Waals surface area (Å²) in [6, 6.07) is 4.21. The first kappa shape index (κ1) is 23.9. The summed E-state index contributed by atoms with van der Waals surface area (Å²) in [6.07, 6.45) is 3.92. The molecule has 1 unspecified atom stereocenters. The van der Waals surface area contributed by atoms with Gasteiger partial charge in [-0.25, -0.2) is 13.2 Å². The van der Waals surface area contributed by atoms with Crippen LogP contribution in [0.5, 0.6) is 0 Å². The van der Waals surface area contributed by atoms with Crippen LogP contribution in [0, 0.1) is 28.8 Å². The highest BCUT2D eigenvalue weighted by Gasteiger charge is 2.32. The van der Waals surface area contributed by atoms with E-state index in [4.69, 9.17) is 11.1 Å². The number of carbonyl (C=O) groups is 1. The number of nitrogens with one attached hydrogen (secondary N) is 3. The molecule has 0 spiro atoms. The fourth-order valence-corrected chi connectivity index (χ4v) is 4.27. The Morgan fingerprint density at radius 3 is 2.50 bits per heavy atom. The van der Waals surface area contributed by atoms with Gasteiger partial charge in [0.2, 0.25) is 0 Å². The Labute approximate surface area is 189 Å². The molecule has 1 amide bonds. The van der Waals surface area contributed by atoms with Crippen molar-refractivity contribution in [2.45, 2.75) is 25.7 Å². The van der Waals surface area contributed by atoms with E-state index in [0.29, 0.717) is 0 Å². The average Bonchev–Trinajstić information content (AvgIpc) is 3.24. The number of anilines is 2. The van der Waals surface area contributed by atoms with Gasteiger partial charge in [-0.05, 0) is 35.2 Å². The van der Waals surface area contributed by atoms with Crippen LogP contribution in [0.4, 0.5) is 24.5 Å². The van der Waals surface area contributed by atoms with Crippen LogP contribution < -0.4 is 16.5 Å². The van der Waals surface area contributed by atoms with Gasteiger partial charge in [-0.3, -0.25) is 10.2 Å². The number of hydrogen-bond donors (Lipinski definition) is 6. The van der Waals surface area contributed by atoms with Crippen molar-refractivity contribution in [2.24, 2.45) is 5.92 Å². The summed E-state index contributed by atoms with van der Waals surface area (Å²) >= 11 is 4.13. The van der Waals surface area contributed by atoms with Crippen molar-refractivity contribution in [1.29, 1.82) is 5.41 Å². The van der Waals surface area contributed by atoms with E-state index in [0.717, 1.165) is 49.9 Å². The number of quaternary nitrogens is 1. The maximum atomic E-state index is 15.2. The maximum absolute atomic E-state index is 15.2. The smallest absolute Gasteiger partial charge is 0.269 e. The third-order valence-electron chi connectivity index (χ3n) is 5.55. The summed E-state index contributed by atoms with van der Waals surface area (Å²) in [5.41, 5.74) is 5.39. The Bertz CT molecular complexity index is 1060. The van der Waals surface area contributed by atoms with Crippen LogP contribution in [0.3, 0.4) is 0 Å². The molecule has 7 nitrogen and oxygen atoms in total. The lowest BCUT2D eigenvalue weighted by Crippen LogP contribution is -2.44. The molecular formula is C21H25F3N5O2S+. The van der Waals surface area contributed by atoms with Gasteiger partial charge < -0.3 is 11.1 Å². The first-order chi connectivity index (χ1) is 15.1. The minimum Gasteiger partial charge on any atom is -0.396 e. The van der Waals surface area contributed by atoms with Crippen LogP contribution in [-0.4, -0.2) is 34.6 Å². The number of halogens is 3. The van der Waals surface area contributed by atoms with Crippen LogP contribution in [0.15, 0.2) is 24.3 Å². The molecule has 0 heterocycles. The molecule has 1 saturated carbocycles. The molecule has 6 N–H and O–H groups in total. The van der Waals surface area contributed by atoms with E-state index in [-0.39, 0.29) is 23.7 Å². The lowest BCUT2D eigenvalue weighted by atomic mass is 9.97. The Hall–Kier alpha value is -2.76. The van der Waals surface area contributed by atoms with Crippen molar-refractivity contribution in [3.63, 3.8) is 0 Å². The number of thiol groups is 1. The van der Waals surface area contributed by atoms with Gasteiger partial charge in [-0.1, -0.05) is 18.9 Å². The van der Waals surface area contributed by atoms with Gasteiger partial charge in [0.1, 0.15) is 36.6 Å². The van der Waals surface area contributed by atoms with Crippen molar-refractivity contribution < 1.29 is 27.3 Å². The van der Waals surface area contributed by atoms with Crippen molar-refractivity contribution >= 4 is 35.8 Å². The van der Waals surface area contributed by atoms with E-state index in [2.05, 4.69) is 23.6 Å². The molecule has 1 atom stereocenters. The number of likely N-dealkylation sites (N-methyl/N-ethyl adjacent to an activating group) is 1. The third-order valence-corrected chi connectivity index (χ3v) is 5.81. The SMILES string of the molecule is CNC(=O)C(=N)c1ccc(-c2c(F)ccc(N[N+](O)(S)CC3CCCC3)c2F)c(F)c1N. The predicted molar refractivity (Wildman–Crippen MR) is 119 cm³/mol. The zero-order valence-electron chi connectivity index (χ0n) is 17.4. The van der Waals surface area contributed by atoms with Crippen LogP contribution in [-0.2, 0) is 4.79 Å². The summed E-state index contributed by atoms with van der Waals surface area (Å²) in [4.78, 5) is 11.7. The number of benzene rings is 2. The van der Waals surface area contributed by atoms with Crippen LogP contribution in [0.25, 0.3) is 11.1 Å². The van der Waals surface area contributed by atoms with Gasteiger partial charge in [-0.15, -0.1) is 0 Å². The van der Waals surface area contributed by atoms with E-state index in [9.17, 15) is 14.4 Å². The van der Waals surface area contributed by atoms with Crippen LogP contribution in [0.2, 0.25) is 0 Å². The molecule has 2 aromatic carbocycles. The summed E-state index contributed by atoms with van der Waals surface area (Å²) in [7, 11) is 1.30. The second kappa shape index (κ2) is 9.39. The van der Waals surface area contributed by atoms with Crippen molar-refractivity contribution in [2.75, 3.05) is 24.8 Å². The number of nitrogens with two attached hydrogens (primary N) is 1. The summed E-state index contributed by atoms with van der Waals surface area (Å²) in [5.74, 6) is -3.96. The van der Waals surface area contributed by atoms with Gasteiger partial charge in [-0.2, -0.15) is 10.6 Å². The first-order valence-corrected chi connectivity index (χ1v) is 10.4. The second-order valence-electron chi connectivity index (χ2n) is 7.80. The molecule has 1 fully saturated rings. The molecule has 11 heteroatoms. The van der Waals surface area contributed by atoms with Gasteiger partial charge in [0.25, 0.3) is 5.91 Å². The molecule has 172 valence electrons. The van der Waals surface area contributed by atoms with Gasteiger partial charge in [0.15, 0.2) is 11.6 Å². The molecule has 0 radical (unpaired) electrons. The highest BCUT2D eigenvalue weighted by Crippen LogP contribution is 2.36. The summed E-state index contributed by atoms with van der Waals surface area (Å²) in [6.45, 7) is 0.201. The molecule has 3 rings (SSSR count). The molecule has 0 aromatic heterocycles. The van der Waals surface area contributed by atoms with Gasteiger partial charge in [0, 0.05) is 24.1 Å². The number of nitrogens with zero attached hydrogens (tertiary/aromatic N) is 1. The lowest BCUT2D eigenvalue weighted by Gasteiger charge is -2.26. The number of nitrogen functional groups attached to an aromatic ring is 1. The average molecular weight is 469 g/mol. The molecular weight excluding hydrogens is 443 g/mol. The standard InChI is InChI=1S/C21H24F3N5O2S/c1-27-21(30)20(26)13-7-6-12(17(23)19(13)25)16-14(22)8-9-15(18(16)24)28-29(31,32)10-11-4-2-3-5-11/h6-9,11,28,31-32H,2-5,10H2,1H3,(H3-,25,26,27,30)/p+1. The molecule has 2 aromatic rings. The predicted octanol–water partition coefficient (Wildman–Crippen LogP) is 4.03. The van der Waals surface area contributed by atoms with Crippen LogP contribution in [0.1, 0.15) is 31.2 Å². The number of hydroxylamine groups is 1. The Balaban J connectivity index is 1.97. The van der Waals surface area contributed by atoms with Crippen molar-refractivity contribution in [3.8, 4) is 11.1 Å². The fourth-order valence-electron chi connectivity index (χ4n) is 3.93. The molecule has 32 heavy (non-hydrogen) atoms. The van der Waals surface area contributed by atoms with Gasteiger partial charge in [0.05, 0.1) is 11.3 Å². The second-order valence-corrected chi connectivity index (χ2v) is 8.46. The van der Waals surface area contributed by atoms with E-state index in [1.165, 1.54) is 7.05 Å². The summed E-state index contributed by atoms with van der Waals surface area (Å²) < 4.78 is 43.8. The Kier molecular flexibility index (Phi) is 7.01. The van der Waals surface area contributed by atoms with Crippen molar-refractivity contribution in [1.82, 2.24) is 5.32 Å². The molecule has 0 saturated heterocycles. The largest absolute Gasteiger partial charge is 0.396 e. The highest BCUT2D eigenvalue weighted by molar-refractivity contribution is 7.74. The number of hydrogen-bond acceptors (Lipinski definition) is 6. The minimum atomic E-state index is -1.17. The molecule has 0 aliphatic heterocycles. The highest BCUT2D eigenvalue weighted by atomic mass is 32.1. The zero-order chi connectivity index (χ0) is 23.6. The van der Waals surface area contributed by atoms with Crippen LogP contribution >= 0.6 is 12.8 Å². The Morgan fingerprint density at radius 2 is 1.88 bits per heavy atom. The number of rotatable bonds is 7. The fraction of sp³-hybridized carbons (Fsp3) is 0.333. The third kappa shape index (κ3) is 4.84. The zero-order valence-corrected chi connectivity index (χ0v) is 18.3. The van der Waals surface area contributed by atoms with E-state index in [1.54, 1.807) is 0 Å². The lowest BCUT2D eigenvalue weighted by molar-refractivity contribution is -0.974. The van der Waals surface area contributed by atoms with E-state index >= 15 is 8.78 Å². The normalized spacial score (nSPS) is 15.9. The monoisotopic (exact) mass is 468 g/mol. The number of amides is 1. The Morgan fingerprint density at radius 1 is 1.22 bits per heavy atom. The molecule has 1 aliphatic carbocycles. The molecule has 0 bridgehead atoms. The summed E-state index contributed by atoms with van der Waals surface area (Å²) in [5, 5.41) is 20.6. The maximum Gasteiger partial charge on any atom is 0.269 e. The number of carbonyl (C=O) groups excluding carboxylic acids is 1. The molecule has 1 aliphatic rings. The topological polar surface area (TPSA) is 111 Å². The van der Waals surface area contributed by atoms with Gasteiger partial charge >= 0.3 is 0 Å². The first-order valence-electron chi connectivity index (χ1n) is 10.0. The quantitative estimate of drug-likeness (QED) is 0.121.